The van der Waals surface area contributed by atoms with Gasteiger partial charge in [0, 0.05) is 13.0 Å². The van der Waals surface area contributed by atoms with Crippen LogP contribution in [0, 0.1) is 0 Å². The fourth-order valence-corrected chi connectivity index (χ4v) is 2.93. The standard InChI is InChI=1S/C22H30N2O3/c1-24(15-12-19-9-10-20(26-2)21(17-19)27-3)16-13-22(25)23-14-11-18-7-5-4-6-8-18/h4-10,17H,11-16H2,1-3H3,(H,23,25)/p+1. The highest BCUT2D eigenvalue weighted by molar-refractivity contribution is 5.75. The van der Waals surface area contributed by atoms with Crippen LogP contribution in [0.5, 0.6) is 11.5 Å². The summed E-state index contributed by atoms with van der Waals surface area (Å²) in [5.74, 6) is 1.62. The van der Waals surface area contributed by atoms with E-state index in [2.05, 4.69) is 30.6 Å². The van der Waals surface area contributed by atoms with E-state index in [0.29, 0.717) is 13.0 Å². The second-order valence-electron chi connectivity index (χ2n) is 6.73. The minimum Gasteiger partial charge on any atom is -0.493 e. The third-order valence-electron chi connectivity index (χ3n) is 4.65. The molecule has 0 aliphatic rings. The van der Waals surface area contributed by atoms with Crippen LogP contribution in [0.15, 0.2) is 48.5 Å². The summed E-state index contributed by atoms with van der Waals surface area (Å²) in [7, 11) is 5.41. The number of carbonyl (C=O) groups excluding carboxylic acids is 1. The van der Waals surface area contributed by atoms with Crippen molar-refractivity contribution in [2.45, 2.75) is 19.3 Å². The first kappa shape index (κ1) is 20.8. The van der Waals surface area contributed by atoms with Gasteiger partial charge in [-0.05, 0) is 29.7 Å². The van der Waals surface area contributed by atoms with Crippen molar-refractivity contribution in [3.8, 4) is 11.5 Å². The van der Waals surface area contributed by atoms with E-state index < -0.39 is 0 Å². The first-order valence-electron chi connectivity index (χ1n) is 9.45. The van der Waals surface area contributed by atoms with Crippen LogP contribution in [0.4, 0.5) is 0 Å². The van der Waals surface area contributed by atoms with Crippen molar-refractivity contribution in [3.63, 3.8) is 0 Å². The number of methoxy groups -OCH3 is 2. The van der Waals surface area contributed by atoms with Crippen molar-refractivity contribution in [2.75, 3.05) is 40.9 Å². The summed E-state index contributed by atoms with van der Waals surface area (Å²) in [5, 5.41) is 3.01. The Hall–Kier alpha value is -2.53. The number of quaternary nitrogens is 1. The molecule has 1 amide bonds. The van der Waals surface area contributed by atoms with E-state index in [9.17, 15) is 4.79 Å². The van der Waals surface area contributed by atoms with Gasteiger partial charge in [0.25, 0.3) is 0 Å². The molecule has 0 spiro atoms. The summed E-state index contributed by atoms with van der Waals surface area (Å²) in [6.07, 6.45) is 2.35. The van der Waals surface area contributed by atoms with Crippen LogP contribution in [-0.2, 0) is 17.6 Å². The lowest BCUT2D eigenvalue weighted by molar-refractivity contribution is -0.878. The van der Waals surface area contributed by atoms with Crippen LogP contribution >= 0.6 is 0 Å². The second-order valence-corrected chi connectivity index (χ2v) is 6.73. The van der Waals surface area contributed by atoms with Gasteiger partial charge in [-0.1, -0.05) is 36.4 Å². The summed E-state index contributed by atoms with van der Waals surface area (Å²) in [4.78, 5) is 13.3. The molecule has 27 heavy (non-hydrogen) atoms. The lowest BCUT2D eigenvalue weighted by Gasteiger charge is -2.15. The van der Waals surface area contributed by atoms with Crippen LogP contribution in [0.3, 0.4) is 0 Å². The Morgan fingerprint density at radius 2 is 1.67 bits per heavy atom. The zero-order chi connectivity index (χ0) is 19.5. The lowest BCUT2D eigenvalue weighted by atomic mass is 10.1. The molecule has 0 radical (unpaired) electrons. The second kappa shape index (κ2) is 11.2. The number of rotatable bonds is 11. The Bertz CT molecular complexity index is 704. The van der Waals surface area contributed by atoms with Gasteiger partial charge >= 0.3 is 0 Å². The highest BCUT2D eigenvalue weighted by Gasteiger charge is 2.09. The maximum Gasteiger partial charge on any atom is 0.225 e. The number of ether oxygens (including phenoxy) is 2. The fraction of sp³-hybridized carbons (Fsp3) is 0.409. The van der Waals surface area contributed by atoms with Gasteiger partial charge < -0.3 is 19.7 Å². The molecule has 2 aromatic rings. The van der Waals surface area contributed by atoms with Crippen molar-refractivity contribution in [1.29, 1.82) is 0 Å². The molecule has 5 heteroatoms. The molecule has 0 aliphatic carbocycles. The van der Waals surface area contributed by atoms with E-state index in [1.54, 1.807) is 14.2 Å². The first-order chi connectivity index (χ1) is 13.1. The van der Waals surface area contributed by atoms with Gasteiger partial charge in [-0.25, -0.2) is 0 Å². The number of benzene rings is 2. The maximum atomic E-state index is 12.0. The smallest absolute Gasteiger partial charge is 0.225 e. The number of hydrogen-bond acceptors (Lipinski definition) is 3. The van der Waals surface area contributed by atoms with Crippen LogP contribution in [0.2, 0.25) is 0 Å². The summed E-state index contributed by atoms with van der Waals surface area (Å²) in [6, 6.07) is 16.2. The zero-order valence-corrected chi connectivity index (χ0v) is 16.6. The minimum absolute atomic E-state index is 0.122. The van der Waals surface area contributed by atoms with Gasteiger partial charge in [0.15, 0.2) is 11.5 Å². The molecule has 146 valence electrons. The highest BCUT2D eigenvalue weighted by Crippen LogP contribution is 2.27. The molecule has 1 atom stereocenters. The molecule has 0 bridgehead atoms. The highest BCUT2D eigenvalue weighted by atomic mass is 16.5. The summed E-state index contributed by atoms with van der Waals surface area (Å²) >= 11 is 0. The zero-order valence-electron chi connectivity index (χ0n) is 16.6. The summed E-state index contributed by atoms with van der Waals surface area (Å²) in [5.41, 5.74) is 2.45. The molecular formula is C22H31N2O3+. The van der Waals surface area contributed by atoms with Gasteiger partial charge in [-0.2, -0.15) is 0 Å². The van der Waals surface area contributed by atoms with E-state index in [-0.39, 0.29) is 5.91 Å². The Labute approximate surface area is 162 Å². The third-order valence-corrected chi connectivity index (χ3v) is 4.65. The number of amides is 1. The van der Waals surface area contributed by atoms with Gasteiger partial charge in [0.2, 0.25) is 5.91 Å². The van der Waals surface area contributed by atoms with E-state index in [4.69, 9.17) is 9.47 Å². The van der Waals surface area contributed by atoms with Crippen LogP contribution in [-0.4, -0.2) is 46.8 Å². The van der Waals surface area contributed by atoms with Crippen molar-refractivity contribution in [3.05, 3.63) is 59.7 Å². The number of carbonyl (C=O) groups is 1. The predicted octanol–water partition coefficient (Wildman–Crippen LogP) is 1.51. The maximum absolute atomic E-state index is 12.0. The number of nitrogens with one attached hydrogen (secondary N) is 2. The largest absolute Gasteiger partial charge is 0.493 e. The van der Waals surface area contributed by atoms with E-state index in [0.717, 1.165) is 37.4 Å². The quantitative estimate of drug-likeness (QED) is 0.630. The molecule has 2 N–H and O–H groups in total. The van der Waals surface area contributed by atoms with Crippen molar-refractivity contribution < 1.29 is 19.2 Å². The molecule has 0 fully saturated rings. The van der Waals surface area contributed by atoms with Gasteiger partial charge in [0.1, 0.15) is 0 Å². The minimum atomic E-state index is 0.122. The first-order valence-corrected chi connectivity index (χ1v) is 9.45. The molecule has 0 aliphatic heterocycles. The molecule has 2 aromatic carbocycles. The van der Waals surface area contributed by atoms with Crippen molar-refractivity contribution in [1.82, 2.24) is 5.32 Å². The topological polar surface area (TPSA) is 52.0 Å². The van der Waals surface area contributed by atoms with Crippen LogP contribution in [0.1, 0.15) is 17.5 Å². The van der Waals surface area contributed by atoms with Crippen LogP contribution < -0.4 is 19.7 Å². The SMILES string of the molecule is COc1ccc(CC[NH+](C)CCC(=O)NCCc2ccccc2)cc1OC. The molecule has 5 nitrogen and oxygen atoms in total. The van der Waals surface area contributed by atoms with E-state index in [1.165, 1.54) is 16.0 Å². The van der Waals surface area contributed by atoms with Gasteiger partial charge in [-0.15, -0.1) is 0 Å². The average Bonchev–Trinajstić information content (AvgIpc) is 2.71. The lowest BCUT2D eigenvalue weighted by Crippen LogP contribution is -3.09. The van der Waals surface area contributed by atoms with Crippen molar-refractivity contribution >= 4 is 5.91 Å². The molecule has 1 unspecified atom stereocenters. The fourth-order valence-electron chi connectivity index (χ4n) is 2.93. The monoisotopic (exact) mass is 371 g/mol. The third kappa shape index (κ3) is 7.31. The molecule has 0 heterocycles. The Balaban J connectivity index is 1.65. The summed E-state index contributed by atoms with van der Waals surface area (Å²) in [6.45, 7) is 2.48. The predicted molar refractivity (Wildman–Crippen MR) is 108 cm³/mol. The van der Waals surface area contributed by atoms with E-state index in [1.807, 2.05) is 30.3 Å². The molecule has 0 saturated carbocycles. The molecule has 0 aromatic heterocycles. The van der Waals surface area contributed by atoms with Crippen LogP contribution in [0.25, 0.3) is 0 Å². The normalized spacial score (nSPS) is 11.7. The van der Waals surface area contributed by atoms with E-state index >= 15 is 0 Å². The molecule has 0 saturated heterocycles. The Morgan fingerprint density at radius 1 is 0.926 bits per heavy atom. The van der Waals surface area contributed by atoms with Gasteiger partial charge in [0.05, 0.1) is 40.8 Å². The Morgan fingerprint density at radius 3 is 2.37 bits per heavy atom. The number of likely N-dealkylation sites (N-methyl/N-ethyl adjacent to an activating group) is 1. The molecular weight excluding hydrogens is 340 g/mol. The Kier molecular flexibility index (Phi) is 8.65. The average molecular weight is 372 g/mol. The van der Waals surface area contributed by atoms with Gasteiger partial charge in [-0.3, -0.25) is 4.79 Å². The summed E-state index contributed by atoms with van der Waals surface area (Å²) < 4.78 is 10.6. The number of hydrogen-bond donors (Lipinski definition) is 2. The van der Waals surface area contributed by atoms with Crippen molar-refractivity contribution in [2.24, 2.45) is 0 Å². The molecule has 2 rings (SSSR count).